The highest BCUT2D eigenvalue weighted by Gasteiger charge is 2.35. The molecule has 4 aromatic rings. The van der Waals surface area contributed by atoms with Gasteiger partial charge in [-0.2, -0.15) is 0 Å². The van der Waals surface area contributed by atoms with Crippen molar-refractivity contribution in [1.29, 1.82) is 0 Å². The number of hydrogen-bond donors (Lipinski definition) is 2. The molecule has 172 valence electrons. The second-order valence-electron chi connectivity index (χ2n) is 8.24. The predicted octanol–water partition coefficient (Wildman–Crippen LogP) is 4.72. The summed E-state index contributed by atoms with van der Waals surface area (Å²) >= 11 is 0. The van der Waals surface area contributed by atoms with E-state index < -0.39 is 5.97 Å². The molecule has 2 amide bonds. The number of benzene rings is 3. The molecule has 3 aromatic carbocycles. The van der Waals surface area contributed by atoms with Crippen molar-refractivity contribution in [3.8, 4) is 0 Å². The van der Waals surface area contributed by atoms with E-state index in [1.165, 1.54) is 17.0 Å². The first-order valence-corrected chi connectivity index (χ1v) is 11.1. The van der Waals surface area contributed by atoms with Crippen LogP contribution in [0.4, 0.5) is 5.69 Å². The monoisotopic (exact) mass is 463 g/mol. The number of nitrogens with zero attached hydrogens (tertiary/aromatic N) is 2. The Morgan fingerprint density at radius 1 is 0.914 bits per heavy atom. The number of para-hydroxylation sites is 1. The number of amides is 2. The second kappa shape index (κ2) is 9.23. The predicted molar refractivity (Wildman–Crippen MR) is 133 cm³/mol. The van der Waals surface area contributed by atoms with Crippen molar-refractivity contribution < 1.29 is 19.5 Å². The fraction of sp³-hybridized carbons (Fsp3) is 0.0714. The summed E-state index contributed by atoms with van der Waals surface area (Å²) in [6.07, 6.45) is 3.60. The van der Waals surface area contributed by atoms with Gasteiger partial charge in [0.15, 0.2) is 0 Å². The number of aromatic carboxylic acids is 1. The van der Waals surface area contributed by atoms with Crippen molar-refractivity contribution in [2.24, 2.45) is 0 Å². The van der Waals surface area contributed by atoms with E-state index in [1.807, 2.05) is 36.4 Å². The van der Waals surface area contributed by atoms with Gasteiger partial charge < -0.3 is 10.4 Å². The number of hydrogen-bond acceptors (Lipinski definition) is 5. The van der Waals surface area contributed by atoms with Gasteiger partial charge in [-0.1, -0.05) is 48.5 Å². The molecule has 0 aliphatic carbocycles. The highest BCUT2D eigenvalue weighted by atomic mass is 16.4. The topological polar surface area (TPSA) is 99.6 Å². The molecule has 1 aliphatic rings. The van der Waals surface area contributed by atoms with Crippen molar-refractivity contribution in [3.63, 3.8) is 0 Å². The summed E-state index contributed by atoms with van der Waals surface area (Å²) in [5.74, 6) is -1.66. The lowest BCUT2D eigenvalue weighted by atomic mass is 10.1. The quantitative estimate of drug-likeness (QED) is 0.385. The van der Waals surface area contributed by atoms with Crippen molar-refractivity contribution in [2.45, 2.75) is 0 Å². The van der Waals surface area contributed by atoms with E-state index in [2.05, 4.69) is 10.3 Å². The minimum Gasteiger partial charge on any atom is -0.478 e. The third kappa shape index (κ3) is 4.52. The number of fused-ring (bicyclic) bond motifs is 2. The van der Waals surface area contributed by atoms with E-state index in [1.54, 1.807) is 42.6 Å². The number of carbonyl (C=O) groups is 3. The zero-order valence-electron chi connectivity index (χ0n) is 18.6. The molecule has 0 fully saturated rings. The van der Waals surface area contributed by atoms with Crippen LogP contribution in [0.5, 0.6) is 0 Å². The summed E-state index contributed by atoms with van der Waals surface area (Å²) in [6.45, 7) is 0.454. The molecule has 1 aliphatic heterocycles. The average molecular weight is 463 g/mol. The Morgan fingerprint density at radius 2 is 1.57 bits per heavy atom. The Morgan fingerprint density at radius 3 is 2.26 bits per heavy atom. The highest BCUT2D eigenvalue weighted by Crippen LogP contribution is 2.24. The van der Waals surface area contributed by atoms with Gasteiger partial charge in [0.05, 0.1) is 40.6 Å². The fourth-order valence-electron chi connectivity index (χ4n) is 4.08. The number of carboxylic acids is 1. The maximum absolute atomic E-state index is 12.9. The van der Waals surface area contributed by atoms with Crippen molar-refractivity contribution in [1.82, 2.24) is 9.88 Å². The summed E-state index contributed by atoms with van der Waals surface area (Å²) in [5, 5.41) is 13.5. The van der Waals surface area contributed by atoms with Crippen LogP contribution in [0.3, 0.4) is 0 Å². The zero-order chi connectivity index (χ0) is 24.4. The van der Waals surface area contributed by atoms with E-state index >= 15 is 0 Å². The maximum atomic E-state index is 12.9. The number of aromatic nitrogens is 1. The number of anilines is 1. The van der Waals surface area contributed by atoms with Crippen LogP contribution in [0.15, 0.2) is 90.6 Å². The summed E-state index contributed by atoms with van der Waals surface area (Å²) in [4.78, 5) is 42.7. The van der Waals surface area contributed by atoms with Crippen LogP contribution in [0.25, 0.3) is 17.0 Å². The maximum Gasteiger partial charge on any atom is 0.335 e. The van der Waals surface area contributed by atoms with Gasteiger partial charge in [0, 0.05) is 11.9 Å². The molecule has 2 heterocycles. The van der Waals surface area contributed by atoms with Gasteiger partial charge >= 0.3 is 5.97 Å². The molecule has 0 spiro atoms. The number of carboxylic acid groups (broad SMARTS) is 1. The summed E-state index contributed by atoms with van der Waals surface area (Å²) in [6, 6.07) is 23.0. The number of rotatable bonds is 7. The largest absolute Gasteiger partial charge is 0.478 e. The molecule has 0 saturated heterocycles. The van der Waals surface area contributed by atoms with E-state index in [0.717, 1.165) is 27.7 Å². The highest BCUT2D eigenvalue weighted by molar-refractivity contribution is 6.21. The number of carbonyl (C=O) groups excluding carboxylic acids is 2. The molecular weight excluding hydrogens is 442 g/mol. The summed E-state index contributed by atoms with van der Waals surface area (Å²) in [5.41, 5.74) is 4.21. The number of pyridine rings is 1. The summed E-state index contributed by atoms with van der Waals surface area (Å²) in [7, 11) is 0. The van der Waals surface area contributed by atoms with E-state index in [9.17, 15) is 14.4 Å². The smallest absolute Gasteiger partial charge is 0.335 e. The van der Waals surface area contributed by atoms with Crippen LogP contribution < -0.4 is 5.32 Å². The van der Waals surface area contributed by atoms with Crippen LogP contribution >= 0.6 is 0 Å². The Balaban J connectivity index is 1.42. The molecule has 0 saturated carbocycles. The van der Waals surface area contributed by atoms with Crippen LogP contribution in [0, 0.1) is 0 Å². The van der Waals surface area contributed by atoms with Gasteiger partial charge in [-0.05, 0) is 47.5 Å². The lowest BCUT2D eigenvalue weighted by Crippen LogP contribution is -2.33. The molecule has 0 radical (unpaired) electrons. The molecule has 35 heavy (non-hydrogen) atoms. The van der Waals surface area contributed by atoms with Gasteiger partial charge in [-0.3, -0.25) is 19.5 Å². The minimum absolute atomic E-state index is 0.0983. The van der Waals surface area contributed by atoms with Gasteiger partial charge in [-0.25, -0.2) is 4.79 Å². The fourth-order valence-corrected chi connectivity index (χ4v) is 4.08. The second-order valence-corrected chi connectivity index (χ2v) is 8.24. The Bertz CT molecular complexity index is 1460. The lowest BCUT2D eigenvalue weighted by molar-refractivity contribution is 0.0663. The van der Waals surface area contributed by atoms with Gasteiger partial charge in [-0.15, -0.1) is 0 Å². The first-order valence-electron chi connectivity index (χ1n) is 11.1. The lowest BCUT2D eigenvalue weighted by Gasteiger charge is -2.18. The van der Waals surface area contributed by atoms with Crippen LogP contribution in [-0.4, -0.2) is 45.9 Å². The number of imide groups is 1. The molecule has 7 nitrogen and oxygen atoms in total. The molecule has 0 atom stereocenters. The van der Waals surface area contributed by atoms with Crippen LogP contribution in [-0.2, 0) is 0 Å². The molecule has 0 unspecified atom stereocenters. The SMILES string of the molecule is O=C(O)c1ccc(C=C(CNc2cnc3ccccc3c2)CN2C(=O)c3ccccc3C2=O)cc1. The molecule has 0 bridgehead atoms. The summed E-state index contributed by atoms with van der Waals surface area (Å²) < 4.78 is 0. The standard InChI is InChI=1S/C28H21N3O4/c32-26-23-6-2-3-7-24(23)27(33)31(26)17-19(13-18-9-11-20(12-10-18)28(34)35)15-29-22-14-21-5-1-4-8-25(21)30-16-22/h1-14,16,29H,15,17H2,(H,34,35). The minimum atomic E-state index is -1.00. The third-order valence-corrected chi connectivity index (χ3v) is 5.88. The number of nitrogens with one attached hydrogen (secondary N) is 1. The normalized spacial score (nSPS) is 13.3. The Kier molecular flexibility index (Phi) is 5.81. The molecule has 5 rings (SSSR count). The Labute approximate surface area is 201 Å². The van der Waals surface area contributed by atoms with E-state index in [-0.39, 0.29) is 23.9 Å². The molecular formula is C28H21N3O4. The average Bonchev–Trinajstić information content (AvgIpc) is 3.12. The molecule has 1 aromatic heterocycles. The first kappa shape index (κ1) is 22.0. The van der Waals surface area contributed by atoms with Crippen molar-refractivity contribution in [2.75, 3.05) is 18.4 Å². The first-order chi connectivity index (χ1) is 17.0. The van der Waals surface area contributed by atoms with E-state index in [4.69, 9.17) is 5.11 Å². The van der Waals surface area contributed by atoms with Gasteiger partial charge in [0.1, 0.15) is 0 Å². The Hall–Kier alpha value is -4.78. The van der Waals surface area contributed by atoms with Crippen molar-refractivity contribution in [3.05, 3.63) is 113 Å². The van der Waals surface area contributed by atoms with Crippen molar-refractivity contribution >= 4 is 40.4 Å². The van der Waals surface area contributed by atoms with Gasteiger partial charge in [0.25, 0.3) is 11.8 Å². The van der Waals surface area contributed by atoms with Gasteiger partial charge in [0.2, 0.25) is 0 Å². The molecule has 7 heteroatoms. The molecule has 2 N–H and O–H groups in total. The zero-order valence-corrected chi connectivity index (χ0v) is 18.6. The van der Waals surface area contributed by atoms with Crippen LogP contribution in [0.2, 0.25) is 0 Å². The van der Waals surface area contributed by atoms with E-state index in [0.29, 0.717) is 17.7 Å². The van der Waals surface area contributed by atoms with Crippen LogP contribution in [0.1, 0.15) is 36.6 Å². The third-order valence-electron chi connectivity index (χ3n) is 5.88.